The zero-order chi connectivity index (χ0) is 15.4. The number of aliphatic hydroxyl groups is 1. The molecule has 1 aliphatic heterocycles. The van der Waals surface area contributed by atoms with Crippen LogP contribution in [0.4, 0.5) is 5.82 Å². The number of hydrogen-bond donors (Lipinski definition) is 2. The molecule has 0 bridgehead atoms. The fourth-order valence-electron chi connectivity index (χ4n) is 3.25. The first-order valence-electron chi connectivity index (χ1n) is 8.10. The average Bonchev–Trinajstić information content (AvgIpc) is 2.57. The summed E-state index contributed by atoms with van der Waals surface area (Å²) in [6.07, 6.45) is 3.55. The molecule has 118 valence electrons. The van der Waals surface area contributed by atoms with Crippen LogP contribution in [0, 0.1) is 6.92 Å². The predicted molar refractivity (Wildman–Crippen MR) is 89.1 cm³/mol. The standard InChI is InChI=1S/C17H24N4O/c1-13-15-7-2-3-8-16(15)17(20-19-13)18-9-11-21-10-5-4-6-14(21)12-22/h2-3,7-8,14,22H,4-6,9-12H2,1H3,(H,18,20). The third-order valence-electron chi connectivity index (χ3n) is 4.52. The molecular weight excluding hydrogens is 276 g/mol. The quantitative estimate of drug-likeness (QED) is 0.886. The Morgan fingerprint density at radius 2 is 2.05 bits per heavy atom. The van der Waals surface area contributed by atoms with E-state index in [9.17, 15) is 5.11 Å². The Labute approximate surface area is 131 Å². The number of fused-ring (bicyclic) bond motifs is 1. The smallest absolute Gasteiger partial charge is 0.156 e. The molecule has 1 saturated heterocycles. The van der Waals surface area contributed by atoms with Gasteiger partial charge in [0.2, 0.25) is 0 Å². The van der Waals surface area contributed by atoms with E-state index >= 15 is 0 Å². The number of anilines is 1. The number of aliphatic hydroxyl groups excluding tert-OH is 1. The van der Waals surface area contributed by atoms with Crippen LogP contribution < -0.4 is 5.32 Å². The zero-order valence-electron chi connectivity index (χ0n) is 13.1. The Kier molecular flexibility index (Phi) is 4.85. The van der Waals surface area contributed by atoms with Crippen LogP contribution in [-0.2, 0) is 0 Å². The highest BCUT2D eigenvalue weighted by atomic mass is 16.3. The monoisotopic (exact) mass is 300 g/mol. The topological polar surface area (TPSA) is 61.3 Å². The Balaban J connectivity index is 1.66. The van der Waals surface area contributed by atoms with Crippen LogP contribution in [0.3, 0.4) is 0 Å². The molecule has 1 aliphatic rings. The summed E-state index contributed by atoms with van der Waals surface area (Å²) in [7, 11) is 0. The molecule has 0 spiro atoms. The van der Waals surface area contributed by atoms with E-state index in [0.29, 0.717) is 6.04 Å². The number of piperidine rings is 1. The molecule has 22 heavy (non-hydrogen) atoms. The Morgan fingerprint density at radius 1 is 1.23 bits per heavy atom. The van der Waals surface area contributed by atoms with Crippen molar-refractivity contribution in [3.05, 3.63) is 30.0 Å². The lowest BCUT2D eigenvalue weighted by molar-refractivity contribution is 0.0940. The first kappa shape index (κ1) is 15.2. The van der Waals surface area contributed by atoms with E-state index in [1.54, 1.807) is 0 Å². The zero-order valence-corrected chi connectivity index (χ0v) is 13.1. The number of benzene rings is 1. The van der Waals surface area contributed by atoms with Crippen LogP contribution in [-0.4, -0.2) is 52.5 Å². The van der Waals surface area contributed by atoms with Gasteiger partial charge >= 0.3 is 0 Å². The minimum absolute atomic E-state index is 0.257. The Hall–Kier alpha value is -1.72. The molecule has 1 unspecified atom stereocenters. The highest BCUT2D eigenvalue weighted by Gasteiger charge is 2.20. The van der Waals surface area contributed by atoms with Crippen molar-refractivity contribution in [2.75, 3.05) is 31.6 Å². The van der Waals surface area contributed by atoms with E-state index < -0.39 is 0 Å². The number of nitrogens with zero attached hydrogens (tertiary/aromatic N) is 3. The van der Waals surface area contributed by atoms with Crippen molar-refractivity contribution < 1.29 is 5.11 Å². The maximum atomic E-state index is 9.47. The van der Waals surface area contributed by atoms with Gasteiger partial charge in [-0.05, 0) is 26.3 Å². The fourth-order valence-corrected chi connectivity index (χ4v) is 3.25. The number of nitrogens with one attached hydrogen (secondary N) is 1. The Morgan fingerprint density at radius 3 is 2.86 bits per heavy atom. The molecule has 0 amide bonds. The van der Waals surface area contributed by atoms with Crippen molar-refractivity contribution in [1.82, 2.24) is 15.1 Å². The molecule has 0 radical (unpaired) electrons. The van der Waals surface area contributed by atoms with Gasteiger partial charge in [0, 0.05) is 29.9 Å². The summed E-state index contributed by atoms with van der Waals surface area (Å²) in [4.78, 5) is 2.38. The largest absolute Gasteiger partial charge is 0.395 e. The molecule has 5 heteroatoms. The van der Waals surface area contributed by atoms with Crippen molar-refractivity contribution in [2.24, 2.45) is 0 Å². The van der Waals surface area contributed by atoms with Gasteiger partial charge in [0.25, 0.3) is 0 Å². The third-order valence-corrected chi connectivity index (χ3v) is 4.52. The van der Waals surface area contributed by atoms with Crippen molar-refractivity contribution in [3.8, 4) is 0 Å². The van der Waals surface area contributed by atoms with E-state index in [-0.39, 0.29) is 6.61 Å². The molecule has 3 rings (SSSR count). The van der Waals surface area contributed by atoms with Gasteiger partial charge in [-0.2, -0.15) is 5.10 Å². The van der Waals surface area contributed by atoms with Crippen LogP contribution >= 0.6 is 0 Å². The third kappa shape index (κ3) is 3.20. The van der Waals surface area contributed by atoms with E-state index in [2.05, 4.69) is 32.5 Å². The lowest BCUT2D eigenvalue weighted by Crippen LogP contribution is -2.44. The van der Waals surface area contributed by atoms with Crippen LogP contribution in [0.25, 0.3) is 10.8 Å². The van der Waals surface area contributed by atoms with Crippen LogP contribution in [0.15, 0.2) is 24.3 Å². The lowest BCUT2D eigenvalue weighted by Gasteiger charge is -2.34. The normalized spacial score (nSPS) is 19.5. The second-order valence-corrected chi connectivity index (χ2v) is 5.97. The number of hydrogen-bond acceptors (Lipinski definition) is 5. The summed E-state index contributed by atoms with van der Waals surface area (Å²) >= 11 is 0. The highest BCUT2D eigenvalue weighted by molar-refractivity contribution is 5.92. The molecule has 2 aromatic rings. The van der Waals surface area contributed by atoms with Gasteiger partial charge in [-0.15, -0.1) is 5.10 Å². The van der Waals surface area contributed by atoms with Crippen molar-refractivity contribution in [2.45, 2.75) is 32.2 Å². The first-order valence-corrected chi connectivity index (χ1v) is 8.10. The summed E-state index contributed by atoms with van der Waals surface area (Å²) in [5.41, 5.74) is 0.956. The van der Waals surface area contributed by atoms with Gasteiger partial charge in [0.05, 0.1) is 12.3 Å². The minimum Gasteiger partial charge on any atom is -0.395 e. The van der Waals surface area contributed by atoms with Crippen molar-refractivity contribution in [1.29, 1.82) is 0 Å². The Bertz CT molecular complexity index is 631. The van der Waals surface area contributed by atoms with Crippen LogP contribution in [0.1, 0.15) is 25.0 Å². The van der Waals surface area contributed by atoms with E-state index in [0.717, 1.165) is 48.3 Å². The molecule has 1 fully saturated rings. The van der Waals surface area contributed by atoms with Gasteiger partial charge < -0.3 is 10.4 Å². The molecule has 2 heterocycles. The minimum atomic E-state index is 0.257. The molecule has 2 N–H and O–H groups in total. The predicted octanol–water partition coefficient (Wildman–Crippen LogP) is 2.20. The summed E-state index contributed by atoms with van der Waals surface area (Å²) in [6.45, 7) is 5.06. The van der Waals surface area contributed by atoms with Gasteiger partial charge in [0.1, 0.15) is 0 Å². The molecule has 1 aromatic carbocycles. The molecule has 5 nitrogen and oxygen atoms in total. The lowest BCUT2D eigenvalue weighted by atomic mass is 10.0. The second kappa shape index (κ2) is 7.03. The van der Waals surface area contributed by atoms with Crippen LogP contribution in [0.2, 0.25) is 0 Å². The summed E-state index contributed by atoms with van der Waals surface area (Å²) < 4.78 is 0. The van der Waals surface area contributed by atoms with E-state index in [1.807, 2.05) is 19.1 Å². The first-order chi connectivity index (χ1) is 10.8. The van der Waals surface area contributed by atoms with Crippen LogP contribution in [0.5, 0.6) is 0 Å². The number of aromatic nitrogens is 2. The highest BCUT2D eigenvalue weighted by Crippen LogP contribution is 2.22. The molecule has 1 aromatic heterocycles. The average molecular weight is 300 g/mol. The molecule has 1 atom stereocenters. The van der Waals surface area contributed by atoms with Gasteiger partial charge in [0.15, 0.2) is 5.82 Å². The second-order valence-electron chi connectivity index (χ2n) is 5.97. The number of aryl methyl sites for hydroxylation is 1. The molecule has 0 saturated carbocycles. The van der Waals surface area contributed by atoms with E-state index in [4.69, 9.17) is 0 Å². The van der Waals surface area contributed by atoms with Gasteiger partial charge in [-0.25, -0.2) is 0 Å². The van der Waals surface area contributed by atoms with Gasteiger partial charge in [-0.3, -0.25) is 4.90 Å². The maximum Gasteiger partial charge on any atom is 0.156 e. The van der Waals surface area contributed by atoms with Crippen molar-refractivity contribution >= 4 is 16.6 Å². The summed E-state index contributed by atoms with van der Waals surface area (Å²) in [5.74, 6) is 0.846. The molecular formula is C17H24N4O. The number of likely N-dealkylation sites (tertiary alicyclic amines) is 1. The maximum absolute atomic E-state index is 9.47. The summed E-state index contributed by atoms with van der Waals surface area (Å²) in [5, 5.41) is 23.7. The van der Waals surface area contributed by atoms with E-state index in [1.165, 1.54) is 12.8 Å². The van der Waals surface area contributed by atoms with Crippen molar-refractivity contribution in [3.63, 3.8) is 0 Å². The summed E-state index contributed by atoms with van der Waals surface area (Å²) in [6, 6.07) is 8.53. The SMILES string of the molecule is Cc1nnc(NCCN2CCCCC2CO)c2ccccc12. The van der Waals surface area contributed by atoms with Gasteiger partial charge in [-0.1, -0.05) is 30.7 Å². The molecule has 0 aliphatic carbocycles. The fraction of sp³-hybridized carbons (Fsp3) is 0.529. The number of rotatable bonds is 5.